The van der Waals surface area contributed by atoms with Crippen molar-refractivity contribution in [2.24, 2.45) is 4.99 Å². The van der Waals surface area contributed by atoms with E-state index in [2.05, 4.69) is 9.98 Å². The number of hydrogen-bond acceptors (Lipinski definition) is 4. The summed E-state index contributed by atoms with van der Waals surface area (Å²) in [5.41, 5.74) is -0.821. The van der Waals surface area contributed by atoms with Gasteiger partial charge >= 0.3 is 5.69 Å². The molecule has 6 heteroatoms. The first-order chi connectivity index (χ1) is 11.6. The second-order valence-corrected chi connectivity index (χ2v) is 5.84. The minimum atomic E-state index is -0.683. The highest BCUT2D eigenvalue weighted by Crippen LogP contribution is 2.26. The lowest BCUT2D eigenvalue weighted by atomic mass is 10.1. The molecule has 2 aromatic carbocycles. The Hall–Kier alpha value is -3.15. The molecule has 1 aliphatic rings. The summed E-state index contributed by atoms with van der Waals surface area (Å²) < 4.78 is 1.11. The summed E-state index contributed by atoms with van der Waals surface area (Å²) in [6, 6.07) is 13.2. The Balaban J connectivity index is 1.99. The van der Waals surface area contributed by atoms with Crippen molar-refractivity contribution in [2.75, 3.05) is 0 Å². The molecule has 2 N–H and O–H groups in total. The van der Waals surface area contributed by atoms with E-state index in [9.17, 15) is 14.7 Å². The minimum absolute atomic E-state index is 0.00515. The summed E-state index contributed by atoms with van der Waals surface area (Å²) in [5, 5.41) is 12.3. The van der Waals surface area contributed by atoms with Crippen LogP contribution in [0.1, 0.15) is 18.4 Å². The summed E-state index contributed by atoms with van der Waals surface area (Å²) in [4.78, 5) is 30.8. The number of nitrogens with zero attached hydrogens (tertiary/aromatic N) is 2. The number of aromatic amines is 1. The lowest BCUT2D eigenvalue weighted by molar-refractivity contribution is 0.430. The molecule has 0 aliphatic heterocycles. The van der Waals surface area contributed by atoms with Gasteiger partial charge < -0.3 is 5.11 Å². The molecular formula is C18H15N3O3. The van der Waals surface area contributed by atoms with Gasteiger partial charge in [0.15, 0.2) is 0 Å². The Kier molecular flexibility index (Phi) is 3.30. The van der Waals surface area contributed by atoms with Gasteiger partial charge in [-0.2, -0.15) is 0 Å². The van der Waals surface area contributed by atoms with Crippen LogP contribution in [0.25, 0.3) is 16.5 Å². The van der Waals surface area contributed by atoms with Gasteiger partial charge in [0.2, 0.25) is 5.88 Å². The lowest BCUT2D eigenvalue weighted by Crippen LogP contribution is -2.31. The average molecular weight is 321 g/mol. The molecule has 1 aromatic heterocycles. The van der Waals surface area contributed by atoms with E-state index < -0.39 is 17.1 Å². The van der Waals surface area contributed by atoms with Gasteiger partial charge in [-0.25, -0.2) is 9.36 Å². The molecule has 24 heavy (non-hydrogen) atoms. The molecule has 4 rings (SSSR count). The number of aromatic hydroxyl groups is 1. The quantitative estimate of drug-likeness (QED) is 0.723. The van der Waals surface area contributed by atoms with Crippen LogP contribution in [0.2, 0.25) is 0 Å². The first-order valence-electron chi connectivity index (χ1n) is 7.75. The Morgan fingerprint density at radius 1 is 1.12 bits per heavy atom. The van der Waals surface area contributed by atoms with Crippen LogP contribution in [0.3, 0.4) is 0 Å². The Morgan fingerprint density at radius 3 is 2.67 bits per heavy atom. The first-order valence-corrected chi connectivity index (χ1v) is 7.75. The number of benzene rings is 2. The van der Waals surface area contributed by atoms with Gasteiger partial charge in [-0.3, -0.25) is 14.8 Å². The van der Waals surface area contributed by atoms with Gasteiger partial charge in [0.25, 0.3) is 5.56 Å². The summed E-state index contributed by atoms with van der Waals surface area (Å²) in [7, 11) is 0. The minimum Gasteiger partial charge on any atom is -0.493 e. The fourth-order valence-electron chi connectivity index (χ4n) is 2.69. The molecule has 0 radical (unpaired) electrons. The molecule has 120 valence electrons. The van der Waals surface area contributed by atoms with Crippen molar-refractivity contribution in [3.63, 3.8) is 0 Å². The zero-order chi connectivity index (χ0) is 16.7. The number of hydrogen-bond donors (Lipinski definition) is 2. The van der Waals surface area contributed by atoms with E-state index in [1.807, 2.05) is 30.3 Å². The van der Waals surface area contributed by atoms with Gasteiger partial charge in [0.05, 0.1) is 11.7 Å². The molecule has 0 spiro atoms. The predicted molar refractivity (Wildman–Crippen MR) is 92.4 cm³/mol. The second-order valence-electron chi connectivity index (χ2n) is 5.84. The van der Waals surface area contributed by atoms with E-state index in [-0.39, 0.29) is 11.6 Å². The fourth-order valence-corrected chi connectivity index (χ4v) is 2.69. The zero-order valence-corrected chi connectivity index (χ0v) is 12.8. The van der Waals surface area contributed by atoms with Crippen molar-refractivity contribution in [1.82, 2.24) is 9.55 Å². The van der Waals surface area contributed by atoms with E-state index in [0.29, 0.717) is 5.69 Å². The van der Waals surface area contributed by atoms with Crippen molar-refractivity contribution in [3.8, 4) is 11.6 Å². The molecule has 0 amide bonds. The summed E-state index contributed by atoms with van der Waals surface area (Å²) in [5.74, 6) is -0.399. The first kappa shape index (κ1) is 14.4. The van der Waals surface area contributed by atoms with Crippen LogP contribution in [-0.2, 0) is 0 Å². The van der Waals surface area contributed by atoms with Crippen molar-refractivity contribution < 1.29 is 5.11 Å². The summed E-state index contributed by atoms with van der Waals surface area (Å²) >= 11 is 0. The highest BCUT2D eigenvalue weighted by molar-refractivity contribution is 5.91. The molecule has 1 heterocycles. The van der Waals surface area contributed by atoms with Crippen molar-refractivity contribution in [3.05, 3.63) is 68.9 Å². The van der Waals surface area contributed by atoms with E-state index >= 15 is 0 Å². The van der Waals surface area contributed by atoms with Crippen LogP contribution in [0.5, 0.6) is 5.88 Å². The number of aromatic nitrogens is 2. The van der Waals surface area contributed by atoms with E-state index in [4.69, 9.17) is 0 Å². The Bertz CT molecular complexity index is 1070. The van der Waals surface area contributed by atoms with Crippen LogP contribution in [0.15, 0.2) is 57.0 Å². The number of H-pyrrole nitrogens is 1. The Morgan fingerprint density at radius 2 is 1.88 bits per heavy atom. The van der Waals surface area contributed by atoms with Gasteiger partial charge in [-0.1, -0.05) is 36.4 Å². The smallest absolute Gasteiger partial charge is 0.335 e. The van der Waals surface area contributed by atoms with Gasteiger partial charge in [-0.15, -0.1) is 0 Å². The normalized spacial score (nSPS) is 14.5. The van der Waals surface area contributed by atoms with E-state index in [1.165, 1.54) is 6.21 Å². The summed E-state index contributed by atoms with van der Waals surface area (Å²) in [6.07, 6.45) is 3.32. The highest BCUT2D eigenvalue weighted by atomic mass is 16.3. The van der Waals surface area contributed by atoms with Crippen LogP contribution in [0.4, 0.5) is 0 Å². The SMILES string of the molecule is O=c1[nH]c(=O)n(-c2cccc3ccccc23)c(O)c1C=NC1CC1. The monoisotopic (exact) mass is 321 g/mol. The second kappa shape index (κ2) is 5.49. The van der Waals surface area contributed by atoms with Crippen molar-refractivity contribution in [1.29, 1.82) is 0 Å². The van der Waals surface area contributed by atoms with Crippen LogP contribution in [0, 0.1) is 0 Å². The third-order valence-corrected chi connectivity index (χ3v) is 4.09. The highest BCUT2D eigenvalue weighted by Gasteiger charge is 2.21. The fraction of sp³-hybridized carbons (Fsp3) is 0.167. The average Bonchev–Trinajstić information content (AvgIpc) is 3.39. The zero-order valence-electron chi connectivity index (χ0n) is 12.8. The van der Waals surface area contributed by atoms with Gasteiger partial charge in [-0.05, 0) is 24.3 Å². The molecule has 1 fully saturated rings. The van der Waals surface area contributed by atoms with Crippen molar-refractivity contribution >= 4 is 17.0 Å². The topological polar surface area (TPSA) is 87.5 Å². The predicted octanol–water partition coefficient (Wildman–Crippen LogP) is 1.97. The molecular weight excluding hydrogens is 306 g/mol. The van der Waals surface area contributed by atoms with Gasteiger partial charge in [0, 0.05) is 11.6 Å². The maximum Gasteiger partial charge on any atom is 0.335 e. The molecule has 0 atom stereocenters. The molecule has 1 aliphatic carbocycles. The van der Waals surface area contributed by atoms with Gasteiger partial charge in [0.1, 0.15) is 5.56 Å². The molecule has 0 saturated heterocycles. The maximum absolute atomic E-state index is 12.3. The van der Waals surface area contributed by atoms with Crippen LogP contribution >= 0.6 is 0 Å². The maximum atomic E-state index is 12.3. The lowest BCUT2D eigenvalue weighted by Gasteiger charge is -2.12. The van der Waals surface area contributed by atoms with E-state index in [0.717, 1.165) is 28.2 Å². The molecule has 0 bridgehead atoms. The van der Waals surface area contributed by atoms with Crippen molar-refractivity contribution in [2.45, 2.75) is 18.9 Å². The van der Waals surface area contributed by atoms with E-state index in [1.54, 1.807) is 12.1 Å². The third-order valence-electron chi connectivity index (χ3n) is 4.09. The van der Waals surface area contributed by atoms with Crippen LogP contribution < -0.4 is 11.2 Å². The number of fused-ring (bicyclic) bond motifs is 1. The molecule has 3 aromatic rings. The number of rotatable bonds is 3. The third kappa shape index (κ3) is 2.42. The Labute approximate surface area is 136 Å². The summed E-state index contributed by atoms with van der Waals surface area (Å²) in [6.45, 7) is 0. The largest absolute Gasteiger partial charge is 0.493 e. The van der Waals surface area contributed by atoms with Crippen LogP contribution in [-0.4, -0.2) is 26.9 Å². The standard InChI is InChI=1S/C18H15N3O3/c22-16-14(10-19-12-8-9-12)17(23)21(18(24)20-16)15-7-3-5-11-4-1-2-6-13(11)15/h1-7,10,12,23H,8-9H2,(H,20,22,24). The number of nitrogens with one attached hydrogen (secondary N) is 1. The molecule has 0 unspecified atom stereocenters. The molecule has 6 nitrogen and oxygen atoms in total. The molecule has 1 saturated carbocycles. The number of aliphatic imine (C=N–C) groups is 1.